The van der Waals surface area contributed by atoms with Crippen molar-refractivity contribution >= 4 is 63.7 Å². The molecule has 23 heteroatoms. The van der Waals surface area contributed by atoms with Crippen LogP contribution in [0.15, 0.2) is 63.8 Å². The number of hydrogen-bond acceptors (Lipinski definition) is 17. The maximum atomic E-state index is 13.3. The highest BCUT2D eigenvalue weighted by Gasteiger charge is 2.31. The molecule has 1 saturated carbocycles. The number of fused-ring (bicyclic) bond motifs is 1. The molecule has 1 aromatic heterocycles. The number of carboxylic acid groups (broad SMARTS) is 5. The molecule has 0 saturated heterocycles. The predicted molar refractivity (Wildman–Crippen MR) is 234 cm³/mol. The van der Waals surface area contributed by atoms with Crippen LogP contribution in [0.5, 0.6) is 23.0 Å². The number of carbonyl (C=O) groups excluding carboxylic acids is 1. The maximum absolute atomic E-state index is 13.3. The topological polar surface area (TPSA) is 324 Å². The Kier molecular flexibility index (Phi) is 17.0. The van der Waals surface area contributed by atoms with Crippen molar-refractivity contribution in [2.45, 2.75) is 44.8 Å². The lowest BCUT2D eigenvalue weighted by Gasteiger charge is -2.35. The number of carboxylic acids is 5. The second kappa shape index (κ2) is 22.8. The lowest BCUT2D eigenvalue weighted by molar-refractivity contribution is -0.385. The van der Waals surface area contributed by atoms with E-state index in [-0.39, 0.29) is 77.8 Å². The van der Waals surface area contributed by atoms with Crippen molar-refractivity contribution in [1.82, 2.24) is 4.90 Å². The van der Waals surface area contributed by atoms with Crippen molar-refractivity contribution < 1.29 is 82.6 Å². The van der Waals surface area contributed by atoms with E-state index in [1.165, 1.54) is 54.3 Å². The van der Waals surface area contributed by atoms with Crippen LogP contribution in [-0.2, 0) is 30.6 Å². The molecule has 0 atom stereocenters. The number of Topliss-reactive ketones (excluding diaryl/α,β-unsaturated/α-hetero) is 1. The van der Waals surface area contributed by atoms with Crippen LogP contribution in [0.2, 0.25) is 0 Å². The first kappa shape index (κ1) is 50.1. The van der Waals surface area contributed by atoms with E-state index in [4.69, 9.17) is 23.4 Å². The summed E-state index contributed by atoms with van der Waals surface area (Å²) in [5, 5.41) is 59.8. The van der Waals surface area contributed by atoms with Gasteiger partial charge in [-0.1, -0.05) is 0 Å². The van der Waals surface area contributed by atoms with Crippen molar-refractivity contribution in [2.24, 2.45) is 5.92 Å². The largest absolute Gasteiger partial charge is 0.497 e. The first-order valence-electron chi connectivity index (χ1n) is 20.6. The van der Waals surface area contributed by atoms with Crippen LogP contribution in [0.3, 0.4) is 0 Å². The average molecular weight is 937 g/mol. The number of ether oxygens (including phenoxy) is 4. The zero-order valence-electron chi connectivity index (χ0n) is 36.3. The van der Waals surface area contributed by atoms with Crippen LogP contribution in [0.4, 0.5) is 17.1 Å². The fourth-order valence-electron chi connectivity index (χ4n) is 7.73. The molecule has 0 unspecified atom stereocenters. The summed E-state index contributed by atoms with van der Waals surface area (Å²) in [5.74, 6) is -6.45. The van der Waals surface area contributed by atoms with Crippen LogP contribution in [-0.4, -0.2) is 137 Å². The Bertz CT molecular complexity index is 2540. The number of nitrogens with zero attached hydrogens (tertiary/aromatic N) is 4. The van der Waals surface area contributed by atoms with Gasteiger partial charge in [0.1, 0.15) is 73.6 Å². The summed E-state index contributed by atoms with van der Waals surface area (Å²) in [6.07, 6.45) is 1.97. The van der Waals surface area contributed by atoms with Gasteiger partial charge in [-0.25, -0.2) is 4.79 Å². The molecular weight excluding hydrogens is 888 g/mol. The molecule has 1 aliphatic carbocycles. The zero-order chi connectivity index (χ0) is 48.9. The van der Waals surface area contributed by atoms with E-state index in [9.17, 15) is 69.2 Å². The van der Waals surface area contributed by atoms with Crippen LogP contribution in [0.25, 0.3) is 11.0 Å². The van der Waals surface area contributed by atoms with E-state index in [1.807, 2.05) is 0 Å². The Hall–Kier alpha value is -7.95. The molecule has 358 valence electrons. The number of benzene rings is 3. The van der Waals surface area contributed by atoms with Gasteiger partial charge in [0, 0.05) is 37.0 Å². The van der Waals surface area contributed by atoms with Crippen LogP contribution >= 0.6 is 0 Å². The standard InChI is InChI=1S/C44H48N4O19/c1-45(19-39(50)51)32-10-9-29(63-2)16-37(32)64-11-12-65-38-18-33(48(61)62)27(15-34(38)47(22-42(56)57)23-43(58)59)24-66-30-8-5-26-14-31(44(60)67-36(26)17-30)35(49)13-25-3-6-28(7-4-25)46(20-40(52)53)21-41(54)55/h5,8-10,14-18,25,28H,3-4,6-7,11-13,19-24H2,1-2H3,(H,50,51)(H,52,53)(H,54,55)(H,56,57)(H,58,59). The van der Waals surface area contributed by atoms with Gasteiger partial charge in [-0.05, 0) is 68.0 Å². The van der Waals surface area contributed by atoms with Gasteiger partial charge in [-0.2, -0.15) is 0 Å². The molecule has 23 nitrogen and oxygen atoms in total. The van der Waals surface area contributed by atoms with Crippen molar-refractivity contribution in [1.29, 1.82) is 0 Å². The van der Waals surface area contributed by atoms with E-state index in [1.54, 1.807) is 12.1 Å². The van der Waals surface area contributed by atoms with E-state index in [2.05, 4.69) is 0 Å². The second-order valence-corrected chi connectivity index (χ2v) is 15.6. The normalized spacial score (nSPS) is 14.5. The summed E-state index contributed by atoms with van der Waals surface area (Å²) in [7, 11) is 2.95. The molecule has 0 amide bonds. The molecule has 1 fully saturated rings. The molecular formula is C44H48N4O19. The number of hydrogen-bond donors (Lipinski definition) is 5. The molecule has 3 aromatic carbocycles. The van der Waals surface area contributed by atoms with Gasteiger partial charge < -0.3 is 58.7 Å². The summed E-state index contributed by atoms with van der Waals surface area (Å²) >= 11 is 0. The first-order chi connectivity index (χ1) is 31.8. The number of nitro benzene ring substituents is 1. The Morgan fingerprint density at radius 3 is 1.87 bits per heavy atom. The van der Waals surface area contributed by atoms with Crippen molar-refractivity contribution in [2.75, 3.05) is 69.9 Å². The minimum Gasteiger partial charge on any atom is -0.497 e. The quantitative estimate of drug-likeness (QED) is 0.0196. The molecule has 1 aliphatic rings. The Labute approximate surface area is 380 Å². The SMILES string of the molecule is COc1ccc(N(C)CC(=O)O)c(OCCOc2cc([N+](=O)[O-])c(COc3ccc4cc(C(=O)CC5CCC(N(CC(=O)O)CC(=O)O)CC5)c(=O)oc4c3)cc2N(CC(=O)O)CC(=O)O)c1. The molecule has 0 bridgehead atoms. The maximum Gasteiger partial charge on any atom is 0.347 e. The minimum atomic E-state index is -1.42. The van der Waals surface area contributed by atoms with Crippen LogP contribution < -0.4 is 34.4 Å². The van der Waals surface area contributed by atoms with Gasteiger partial charge in [-0.15, -0.1) is 0 Å². The fourth-order valence-corrected chi connectivity index (χ4v) is 7.73. The van der Waals surface area contributed by atoms with Crippen molar-refractivity contribution in [3.8, 4) is 23.0 Å². The van der Waals surface area contributed by atoms with E-state index in [0.29, 0.717) is 42.5 Å². The highest BCUT2D eigenvalue weighted by atomic mass is 16.6. The summed E-state index contributed by atoms with van der Waals surface area (Å²) in [4.78, 5) is 99.4. The molecule has 0 aliphatic heterocycles. The predicted octanol–water partition coefficient (Wildman–Crippen LogP) is 3.85. The number of likely N-dealkylation sites (N-methyl/N-ethyl adjacent to an activating group) is 1. The smallest absolute Gasteiger partial charge is 0.347 e. The Balaban J connectivity index is 1.32. The minimum absolute atomic E-state index is 0.00887. The number of methoxy groups -OCH3 is 1. The number of anilines is 2. The summed E-state index contributed by atoms with van der Waals surface area (Å²) in [6, 6.07) is 12.2. The lowest BCUT2D eigenvalue weighted by atomic mass is 9.82. The first-order valence-corrected chi connectivity index (χ1v) is 20.6. The van der Waals surface area contributed by atoms with Crippen LogP contribution in [0, 0.1) is 16.0 Å². The number of carbonyl (C=O) groups is 6. The molecule has 5 N–H and O–H groups in total. The second-order valence-electron chi connectivity index (χ2n) is 15.6. The number of aliphatic carboxylic acids is 5. The van der Waals surface area contributed by atoms with Gasteiger partial charge in [-0.3, -0.25) is 43.8 Å². The van der Waals surface area contributed by atoms with Gasteiger partial charge in [0.25, 0.3) is 5.69 Å². The van der Waals surface area contributed by atoms with Gasteiger partial charge >= 0.3 is 35.5 Å². The molecule has 4 aromatic rings. The highest BCUT2D eigenvalue weighted by Crippen LogP contribution is 2.38. The van der Waals surface area contributed by atoms with Gasteiger partial charge in [0.15, 0.2) is 5.78 Å². The Morgan fingerprint density at radius 1 is 0.716 bits per heavy atom. The fraction of sp³-hybridized carbons (Fsp3) is 0.386. The van der Waals surface area contributed by atoms with Gasteiger partial charge in [0.2, 0.25) is 0 Å². The van der Waals surface area contributed by atoms with E-state index in [0.717, 1.165) is 17.0 Å². The molecule has 1 heterocycles. The Morgan fingerprint density at radius 2 is 1.30 bits per heavy atom. The summed E-state index contributed by atoms with van der Waals surface area (Å²) < 4.78 is 28.3. The van der Waals surface area contributed by atoms with Crippen molar-refractivity contribution in [3.05, 3.63) is 86.3 Å². The highest BCUT2D eigenvalue weighted by molar-refractivity contribution is 5.98. The number of ketones is 1. The monoisotopic (exact) mass is 936 g/mol. The lowest BCUT2D eigenvalue weighted by Crippen LogP contribution is -2.44. The third-order valence-electron chi connectivity index (χ3n) is 10.8. The summed E-state index contributed by atoms with van der Waals surface area (Å²) in [6.45, 7) is -3.98. The zero-order valence-corrected chi connectivity index (χ0v) is 36.3. The molecule has 0 spiro atoms. The number of nitro groups is 1. The third-order valence-corrected chi connectivity index (χ3v) is 10.8. The summed E-state index contributed by atoms with van der Waals surface area (Å²) in [5.41, 5.74) is -1.53. The average Bonchev–Trinajstić information content (AvgIpc) is 3.25. The number of rotatable bonds is 26. The molecule has 67 heavy (non-hydrogen) atoms. The van der Waals surface area contributed by atoms with Gasteiger partial charge in [0.05, 0.1) is 48.1 Å². The van der Waals surface area contributed by atoms with Crippen molar-refractivity contribution in [3.63, 3.8) is 0 Å². The van der Waals surface area contributed by atoms with E-state index >= 15 is 0 Å². The molecule has 5 rings (SSSR count). The third kappa shape index (κ3) is 14.0. The van der Waals surface area contributed by atoms with E-state index < -0.39 is 84.7 Å². The molecule has 0 radical (unpaired) electrons. The van der Waals surface area contributed by atoms with Crippen LogP contribution in [0.1, 0.15) is 48.0 Å².